The van der Waals surface area contributed by atoms with Crippen LogP contribution in [0.1, 0.15) is 130 Å². The van der Waals surface area contributed by atoms with Crippen molar-refractivity contribution in [3.63, 3.8) is 0 Å². The van der Waals surface area contributed by atoms with Crippen LogP contribution in [0.5, 0.6) is 0 Å². The van der Waals surface area contributed by atoms with Crippen LogP contribution < -0.4 is 0 Å². The normalized spacial score (nSPS) is 38.9. The Bertz CT molecular complexity index is 769. The number of carbonyl (C=O) groups excluding carboxylic acids is 2. The van der Waals surface area contributed by atoms with Gasteiger partial charge in [-0.1, -0.05) is 65.4 Å². The zero-order chi connectivity index (χ0) is 24.3. The molecule has 0 aromatic rings. The highest BCUT2D eigenvalue weighted by atomic mass is 16.5. The van der Waals surface area contributed by atoms with Crippen molar-refractivity contribution in [3.8, 4) is 0 Å². The summed E-state index contributed by atoms with van der Waals surface area (Å²) in [6.07, 6.45) is 21.1. The Morgan fingerprint density at radius 1 is 0.941 bits per heavy atom. The van der Waals surface area contributed by atoms with Crippen molar-refractivity contribution in [3.05, 3.63) is 11.6 Å². The van der Waals surface area contributed by atoms with E-state index in [1.807, 2.05) is 0 Å². The summed E-state index contributed by atoms with van der Waals surface area (Å²) in [5.41, 5.74) is 1.61. The molecule has 34 heavy (non-hydrogen) atoms. The number of ether oxygens (including phenoxy) is 1. The second-order valence-corrected chi connectivity index (χ2v) is 12.8. The number of ketones is 1. The molecule has 0 spiro atoms. The van der Waals surface area contributed by atoms with Gasteiger partial charge in [-0.05, 0) is 105 Å². The van der Waals surface area contributed by atoms with Gasteiger partial charge in [0.15, 0.2) is 5.78 Å². The second-order valence-electron chi connectivity index (χ2n) is 12.8. The van der Waals surface area contributed by atoms with E-state index in [9.17, 15) is 9.59 Å². The maximum atomic E-state index is 12.5. The molecule has 0 saturated heterocycles. The number of hydrogen-bond acceptors (Lipinski definition) is 3. The van der Waals surface area contributed by atoms with E-state index in [4.69, 9.17) is 4.74 Å². The lowest BCUT2D eigenvalue weighted by Crippen LogP contribution is -2.54. The molecule has 0 aliphatic heterocycles. The van der Waals surface area contributed by atoms with Gasteiger partial charge in [0.1, 0.15) is 6.10 Å². The smallest absolute Gasteiger partial charge is 0.306 e. The maximum absolute atomic E-state index is 12.5. The molecule has 3 saturated carbocycles. The van der Waals surface area contributed by atoms with Crippen molar-refractivity contribution in [1.29, 1.82) is 0 Å². The van der Waals surface area contributed by atoms with Gasteiger partial charge in [-0.15, -0.1) is 0 Å². The zero-order valence-corrected chi connectivity index (χ0v) is 22.5. The molecule has 0 bridgehead atoms. The summed E-state index contributed by atoms with van der Waals surface area (Å²) in [5, 5.41) is 0. The standard InChI is InChI=1S/C31H50O3/c1-5-6-7-8-9-10-11-12-29(33)34-24-17-19-30(3)23(21-24)13-14-25-27-16-15-26(22(2)32)31(27,4)20-18-28(25)30/h15,23-25,27-28H,5-14,16-21H2,1-4H3/t23-,24+,25-,27+,28+,30-,31+/m0/s1. The number of rotatable bonds is 10. The molecule has 0 aromatic carbocycles. The molecule has 3 heteroatoms. The summed E-state index contributed by atoms with van der Waals surface area (Å²) >= 11 is 0. The highest BCUT2D eigenvalue weighted by Gasteiger charge is 2.59. The molecule has 0 radical (unpaired) electrons. The van der Waals surface area contributed by atoms with Gasteiger partial charge in [0, 0.05) is 6.42 Å². The molecule has 7 atom stereocenters. The molecule has 0 amide bonds. The quantitative estimate of drug-likeness (QED) is 0.239. The lowest BCUT2D eigenvalue weighted by molar-refractivity contribution is -0.161. The summed E-state index contributed by atoms with van der Waals surface area (Å²) in [5.74, 6) is 3.20. The van der Waals surface area contributed by atoms with Crippen LogP contribution in [0.15, 0.2) is 11.6 Å². The SMILES string of the molecule is CCCCCCCCCC(=O)O[C@@H]1CC[C@@]2(C)[C@@H](CC[C@@H]3[C@H]2CC[C@]2(C)C(C(C)=O)=CC[C@H]32)C1. The minimum absolute atomic E-state index is 0.0399. The molecule has 0 N–H and O–H groups in total. The number of Topliss-reactive ketones (excluding diaryl/α,β-unsaturated/α-hetero) is 1. The molecule has 0 unspecified atom stereocenters. The number of fused-ring (bicyclic) bond motifs is 5. The van der Waals surface area contributed by atoms with E-state index in [2.05, 4.69) is 26.8 Å². The summed E-state index contributed by atoms with van der Waals surface area (Å²) in [6, 6.07) is 0. The van der Waals surface area contributed by atoms with Crippen LogP contribution in [0, 0.1) is 34.5 Å². The predicted molar refractivity (Wildman–Crippen MR) is 138 cm³/mol. The Morgan fingerprint density at radius 2 is 1.68 bits per heavy atom. The van der Waals surface area contributed by atoms with Gasteiger partial charge >= 0.3 is 5.97 Å². The third-order valence-corrected chi connectivity index (χ3v) is 10.9. The van der Waals surface area contributed by atoms with E-state index in [1.165, 1.54) is 64.2 Å². The van der Waals surface area contributed by atoms with Gasteiger partial charge in [0.05, 0.1) is 0 Å². The van der Waals surface area contributed by atoms with Crippen LogP contribution in [0.3, 0.4) is 0 Å². The van der Waals surface area contributed by atoms with Crippen molar-refractivity contribution < 1.29 is 14.3 Å². The van der Waals surface area contributed by atoms with Crippen molar-refractivity contribution in [2.45, 2.75) is 137 Å². The summed E-state index contributed by atoms with van der Waals surface area (Å²) in [6.45, 7) is 8.95. The Morgan fingerprint density at radius 3 is 2.41 bits per heavy atom. The lowest BCUT2D eigenvalue weighted by Gasteiger charge is -2.60. The number of esters is 1. The zero-order valence-electron chi connectivity index (χ0n) is 22.5. The number of carbonyl (C=O) groups is 2. The molecule has 4 rings (SSSR count). The van der Waals surface area contributed by atoms with E-state index >= 15 is 0 Å². The first-order valence-electron chi connectivity index (χ1n) is 14.7. The first-order chi connectivity index (χ1) is 16.3. The van der Waals surface area contributed by atoms with Crippen LogP contribution in [-0.4, -0.2) is 17.9 Å². The molecule has 3 fully saturated rings. The Labute approximate surface area is 208 Å². The molecular weight excluding hydrogens is 420 g/mol. The third-order valence-electron chi connectivity index (χ3n) is 10.9. The summed E-state index contributed by atoms with van der Waals surface area (Å²) < 4.78 is 6.01. The lowest BCUT2D eigenvalue weighted by atomic mass is 9.44. The highest BCUT2D eigenvalue weighted by Crippen LogP contribution is 2.66. The number of allylic oxidation sites excluding steroid dienone is 2. The largest absolute Gasteiger partial charge is 0.462 e. The van der Waals surface area contributed by atoms with Crippen LogP contribution in [-0.2, 0) is 14.3 Å². The monoisotopic (exact) mass is 470 g/mol. The van der Waals surface area contributed by atoms with Gasteiger partial charge < -0.3 is 4.74 Å². The Hall–Kier alpha value is -1.12. The molecule has 0 heterocycles. The maximum Gasteiger partial charge on any atom is 0.306 e. The van der Waals surface area contributed by atoms with Gasteiger partial charge in [-0.2, -0.15) is 0 Å². The van der Waals surface area contributed by atoms with E-state index < -0.39 is 0 Å². The van der Waals surface area contributed by atoms with Gasteiger partial charge in [-0.3, -0.25) is 9.59 Å². The average molecular weight is 471 g/mol. The molecular formula is C31H50O3. The fraction of sp³-hybridized carbons (Fsp3) is 0.871. The predicted octanol–water partition coefficient (Wildman–Crippen LogP) is 8.21. The van der Waals surface area contributed by atoms with Crippen LogP contribution in [0.2, 0.25) is 0 Å². The van der Waals surface area contributed by atoms with E-state index in [0.717, 1.165) is 49.5 Å². The van der Waals surface area contributed by atoms with E-state index in [0.29, 0.717) is 29.5 Å². The average Bonchev–Trinajstić information content (AvgIpc) is 3.16. The van der Waals surface area contributed by atoms with Gasteiger partial charge in [0.25, 0.3) is 0 Å². The number of unbranched alkanes of at least 4 members (excludes halogenated alkanes) is 6. The molecule has 192 valence electrons. The van der Waals surface area contributed by atoms with Gasteiger partial charge in [-0.25, -0.2) is 0 Å². The fourth-order valence-corrected chi connectivity index (χ4v) is 8.91. The number of hydrogen-bond donors (Lipinski definition) is 0. The molecule has 3 nitrogen and oxygen atoms in total. The fourth-order valence-electron chi connectivity index (χ4n) is 8.91. The minimum Gasteiger partial charge on any atom is -0.462 e. The van der Waals surface area contributed by atoms with E-state index in [-0.39, 0.29) is 17.5 Å². The minimum atomic E-state index is 0.0399. The molecule has 4 aliphatic carbocycles. The summed E-state index contributed by atoms with van der Waals surface area (Å²) in [7, 11) is 0. The molecule has 4 aliphatic rings. The van der Waals surface area contributed by atoms with Crippen molar-refractivity contribution in [1.82, 2.24) is 0 Å². The van der Waals surface area contributed by atoms with Crippen molar-refractivity contribution in [2.75, 3.05) is 0 Å². The van der Waals surface area contributed by atoms with Crippen LogP contribution >= 0.6 is 0 Å². The van der Waals surface area contributed by atoms with E-state index in [1.54, 1.807) is 6.92 Å². The van der Waals surface area contributed by atoms with Crippen LogP contribution in [0.4, 0.5) is 0 Å². The topological polar surface area (TPSA) is 43.4 Å². The molecule has 0 aromatic heterocycles. The van der Waals surface area contributed by atoms with Crippen molar-refractivity contribution >= 4 is 11.8 Å². The summed E-state index contributed by atoms with van der Waals surface area (Å²) in [4.78, 5) is 24.8. The second kappa shape index (κ2) is 10.9. The highest BCUT2D eigenvalue weighted by molar-refractivity contribution is 5.95. The van der Waals surface area contributed by atoms with Crippen molar-refractivity contribution in [2.24, 2.45) is 34.5 Å². The first-order valence-corrected chi connectivity index (χ1v) is 14.7. The third kappa shape index (κ3) is 5.05. The first kappa shape index (κ1) is 26.0. The Balaban J connectivity index is 1.26. The Kier molecular flexibility index (Phi) is 8.30. The van der Waals surface area contributed by atoms with Crippen LogP contribution in [0.25, 0.3) is 0 Å². The van der Waals surface area contributed by atoms with Gasteiger partial charge in [0.2, 0.25) is 0 Å².